The van der Waals surface area contributed by atoms with Crippen LogP contribution in [0.5, 0.6) is 0 Å². The van der Waals surface area contributed by atoms with Gasteiger partial charge in [0.05, 0.1) is 6.54 Å². The number of hydrogen-bond acceptors (Lipinski definition) is 2. The lowest BCUT2D eigenvalue weighted by Gasteiger charge is -2.17. The van der Waals surface area contributed by atoms with Crippen LogP contribution in [0.4, 0.5) is 4.39 Å². The third kappa shape index (κ3) is 3.80. The van der Waals surface area contributed by atoms with Crippen molar-refractivity contribution < 1.29 is 14.0 Å². The van der Waals surface area contributed by atoms with Crippen molar-refractivity contribution in [2.75, 3.05) is 6.54 Å². The molecule has 1 aromatic carbocycles. The third-order valence-corrected chi connectivity index (χ3v) is 4.08. The molecule has 0 radical (unpaired) electrons. The molecule has 21 heavy (non-hydrogen) atoms. The van der Waals surface area contributed by atoms with Gasteiger partial charge < -0.3 is 10.6 Å². The van der Waals surface area contributed by atoms with Gasteiger partial charge in [-0.15, -0.1) is 0 Å². The second-order valence-electron chi connectivity index (χ2n) is 5.96. The topological polar surface area (TPSA) is 58.2 Å². The zero-order valence-electron chi connectivity index (χ0n) is 11.8. The molecule has 112 valence electrons. The van der Waals surface area contributed by atoms with Gasteiger partial charge in [-0.25, -0.2) is 4.39 Å². The number of hydrogen-bond donors (Lipinski definition) is 2. The van der Waals surface area contributed by atoms with E-state index in [1.54, 1.807) is 0 Å². The number of carbonyl (C=O) groups excluding carboxylic acids is 2. The van der Waals surface area contributed by atoms with Gasteiger partial charge >= 0.3 is 0 Å². The summed E-state index contributed by atoms with van der Waals surface area (Å²) >= 11 is 0. The molecule has 0 aromatic heterocycles. The molecule has 0 unspecified atom stereocenters. The predicted molar refractivity (Wildman–Crippen MR) is 76.1 cm³/mol. The van der Waals surface area contributed by atoms with Crippen LogP contribution >= 0.6 is 0 Å². The van der Waals surface area contributed by atoms with E-state index < -0.39 is 11.7 Å². The van der Waals surface area contributed by atoms with E-state index in [0.29, 0.717) is 11.8 Å². The highest BCUT2D eigenvalue weighted by molar-refractivity contribution is 5.96. The number of nitrogens with one attached hydrogen (secondary N) is 2. The Morgan fingerprint density at radius 3 is 2.43 bits per heavy atom. The molecule has 0 aliphatic heterocycles. The Kier molecular flexibility index (Phi) is 3.90. The number of halogens is 1. The monoisotopic (exact) mass is 290 g/mol. The molecular weight excluding hydrogens is 271 g/mol. The molecule has 3 rings (SSSR count). The average molecular weight is 290 g/mol. The minimum absolute atomic E-state index is 0.0642. The van der Waals surface area contributed by atoms with Crippen molar-refractivity contribution in [2.45, 2.75) is 31.7 Å². The quantitative estimate of drug-likeness (QED) is 0.840. The molecule has 1 aromatic rings. The summed E-state index contributed by atoms with van der Waals surface area (Å²) in [7, 11) is 0. The van der Waals surface area contributed by atoms with E-state index in [-0.39, 0.29) is 24.1 Å². The summed E-state index contributed by atoms with van der Waals surface area (Å²) in [6, 6.07) is 5.71. The van der Waals surface area contributed by atoms with Crippen LogP contribution in [0.25, 0.3) is 0 Å². The van der Waals surface area contributed by atoms with Crippen LogP contribution in [0.3, 0.4) is 0 Å². The fraction of sp³-hybridized carbons (Fsp3) is 0.500. The van der Waals surface area contributed by atoms with E-state index in [9.17, 15) is 14.0 Å². The Balaban J connectivity index is 1.47. The Hall–Kier alpha value is -1.91. The fourth-order valence-electron chi connectivity index (χ4n) is 2.66. The van der Waals surface area contributed by atoms with Crippen LogP contribution in [-0.2, 0) is 4.79 Å². The Bertz CT molecular complexity index is 541. The molecule has 0 atom stereocenters. The van der Waals surface area contributed by atoms with Crippen molar-refractivity contribution in [1.29, 1.82) is 0 Å². The van der Waals surface area contributed by atoms with Crippen LogP contribution < -0.4 is 10.6 Å². The molecule has 4 nitrogen and oxygen atoms in total. The second-order valence-corrected chi connectivity index (χ2v) is 5.96. The summed E-state index contributed by atoms with van der Waals surface area (Å²) in [5.41, 5.74) is 0.226. The van der Waals surface area contributed by atoms with Crippen molar-refractivity contribution in [3.8, 4) is 0 Å². The predicted octanol–water partition coefficient (Wildman–Crippen LogP) is 1.86. The Morgan fingerprint density at radius 2 is 1.86 bits per heavy atom. The molecule has 5 heteroatoms. The number of amides is 2. The smallest absolute Gasteiger partial charge is 0.251 e. The van der Waals surface area contributed by atoms with E-state index in [4.69, 9.17) is 0 Å². The SMILES string of the molecule is O=C(CNC(=O)c1cccc(F)c1)NC(C1CC1)C1CC1. The van der Waals surface area contributed by atoms with Gasteiger partial charge in [0.15, 0.2) is 0 Å². The highest BCUT2D eigenvalue weighted by Gasteiger charge is 2.42. The van der Waals surface area contributed by atoms with Gasteiger partial charge in [0.2, 0.25) is 5.91 Å². The lowest BCUT2D eigenvalue weighted by Crippen LogP contribution is -2.43. The summed E-state index contributed by atoms with van der Waals surface area (Å²) < 4.78 is 13.0. The van der Waals surface area contributed by atoms with Crippen LogP contribution in [0.15, 0.2) is 24.3 Å². The lowest BCUT2D eigenvalue weighted by molar-refractivity contribution is -0.121. The third-order valence-electron chi connectivity index (χ3n) is 4.08. The standard InChI is InChI=1S/C16H19FN2O2/c17-13-3-1-2-12(8-13)16(21)18-9-14(20)19-15(10-4-5-10)11-6-7-11/h1-3,8,10-11,15H,4-7,9H2,(H,18,21)(H,19,20). The largest absolute Gasteiger partial charge is 0.351 e. The van der Waals surface area contributed by atoms with E-state index >= 15 is 0 Å². The summed E-state index contributed by atoms with van der Waals surface area (Å²) in [5, 5.41) is 5.56. The molecule has 2 amide bonds. The first-order valence-electron chi connectivity index (χ1n) is 7.46. The minimum Gasteiger partial charge on any atom is -0.351 e. The van der Waals surface area contributed by atoms with E-state index in [1.807, 2.05) is 0 Å². The molecule has 2 aliphatic carbocycles. The molecule has 0 spiro atoms. The minimum atomic E-state index is -0.463. The van der Waals surface area contributed by atoms with Crippen molar-refractivity contribution in [2.24, 2.45) is 11.8 Å². The van der Waals surface area contributed by atoms with Gasteiger partial charge in [-0.1, -0.05) is 6.07 Å². The highest BCUT2D eigenvalue weighted by Crippen LogP contribution is 2.44. The van der Waals surface area contributed by atoms with E-state index in [1.165, 1.54) is 43.9 Å². The zero-order chi connectivity index (χ0) is 14.8. The van der Waals surface area contributed by atoms with Gasteiger partial charge in [0.25, 0.3) is 5.91 Å². The maximum Gasteiger partial charge on any atom is 0.251 e. The molecule has 2 N–H and O–H groups in total. The maximum absolute atomic E-state index is 13.0. The zero-order valence-corrected chi connectivity index (χ0v) is 11.8. The molecule has 2 fully saturated rings. The highest BCUT2D eigenvalue weighted by atomic mass is 19.1. The van der Waals surface area contributed by atoms with Gasteiger partial charge in [-0.3, -0.25) is 9.59 Å². The van der Waals surface area contributed by atoms with Crippen molar-refractivity contribution in [1.82, 2.24) is 10.6 Å². The van der Waals surface area contributed by atoms with E-state index in [0.717, 1.165) is 6.07 Å². The normalized spacial score (nSPS) is 17.6. The Labute approximate surface area is 123 Å². The molecule has 2 aliphatic rings. The molecule has 0 bridgehead atoms. The summed E-state index contributed by atoms with van der Waals surface area (Å²) in [6.45, 7) is -0.0642. The lowest BCUT2D eigenvalue weighted by atomic mass is 10.1. The summed E-state index contributed by atoms with van der Waals surface area (Å²) in [4.78, 5) is 23.7. The molecule has 0 heterocycles. The average Bonchev–Trinajstić information content (AvgIpc) is 3.35. The first-order valence-corrected chi connectivity index (χ1v) is 7.46. The molecule has 2 saturated carbocycles. The van der Waals surface area contributed by atoms with Crippen LogP contribution in [0.2, 0.25) is 0 Å². The summed E-state index contributed by atoms with van der Waals surface area (Å²) in [6.07, 6.45) is 4.77. The van der Waals surface area contributed by atoms with Crippen molar-refractivity contribution in [3.63, 3.8) is 0 Å². The van der Waals surface area contributed by atoms with Crippen molar-refractivity contribution >= 4 is 11.8 Å². The first-order chi connectivity index (χ1) is 10.1. The van der Waals surface area contributed by atoms with E-state index in [2.05, 4.69) is 10.6 Å². The van der Waals surface area contributed by atoms with Crippen LogP contribution in [-0.4, -0.2) is 24.4 Å². The van der Waals surface area contributed by atoms with Gasteiger partial charge in [-0.05, 0) is 55.7 Å². The number of rotatable bonds is 6. The maximum atomic E-state index is 13.0. The van der Waals surface area contributed by atoms with Crippen LogP contribution in [0, 0.1) is 17.7 Å². The Morgan fingerprint density at radius 1 is 1.19 bits per heavy atom. The molecule has 0 saturated heterocycles. The van der Waals surface area contributed by atoms with Crippen LogP contribution in [0.1, 0.15) is 36.0 Å². The number of carbonyl (C=O) groups is 2. The van der Waals surface area contributed by atoms with Crippen molar-refractivity contribution in [3.05, 3.63) is 35.6 Å². The second kappa shape index (κ2) is 5.84. The first kappa shape index (κ1) is 14.0. The fourth-order valence-corrected chi connectivity index (χ4v) is 2.66. The van der Waals surface area contributed by atoms with Gasteiger partial charge in [0, 0.05) is 11.6 Å². The van der Waals surface area contributed by atoms with Gasteiger partial charge in [-0.2, -0.15) is 0 Å². The number of benzene rings is 1. The summed E-state index contributed by atoms with van der Waals surface area (Å²) in [5.74, 6) is 0.193. The van der Waals surface area contributed by atoms with Gasteiger partial charge in [0.1, 0.15) is 5.82 Å². The molecular formula is C16H19FN2O2.